The summed E-state index contributed by atoms with van der Waals surface area (Å²) in [6.45, 7) is 4.35. The smallest absolute Gasteiger partial charge is 0.155 e. The lowest BCUT2D eigenvalue weighted by molar-refractivity contribution is 0.338. The third kappa shape index (κ3) is 4.19. The van der Waals surface area contributed by atoms with Gasteiger partial charge in [-0.2, -0.15) is 0 Å². The highest BCUT2D eigenvalue weighted by atomic mass is 15.2. The first kappa shape index (κ1) is 15.7. The van der Waals surface area contributed by atoms with Gasteiger partial charge < -0.3 is 0 Å². The minimum atomic E-state index is 0.840. The normalized spacial score (nSPS) is 15.3. The number of nitrogens with zero attached hydrogens (tertiary/aromatic N) is 3. The predicted molar refractivity (Wildman–Crippen MR) is 95.6 cm³/mol. The third-order valence-electron chi connectivity index (χ3n) is 4.68. The lowest BCUT2D eigenvalue weighted by atomic mass is 9.86. The molecule has 1 heterocycles. The number of hydrogen-bond acceptors (Lipinski definition) is 3. The number of hydrogen-bond donors (Lipinski definition) is 0. The fraction of sp³-hybridized carbons (Fsp3) is 0.400. The first-order chi connectivity index (χ1) is 11.3. The topological polar surface area (TPSA) is 29.0 Å². The molecule has 1 fully saturated rings. The summed E-state index contributed by atoms with van der Waals surface area (Å²) in [5.41, 5.74) is 2.20. The van der Waals surface area contributed by atoms with Crippen molar-refractivity contribution in [3.63, 3.8) is 0 Å². The third-order valence-corrected chi connectivity index (χ3v) is 4.68. The van der Waals surface area contributed by atoms with Crippen LogP contribution in [-0.2, 0) is 0 Å². The van der Waals surface area contributed by atoms with E-state index in [0.29, 0.717) is 0 Å². The maximum absolute atomic E-state index is 4.47. The number of aromatic nitrogens is 2. The Labute approximate surface area is 139 Å². The summed E-state index contributed by atoms with van der Waals surface area (Å²) in [6.07, 6.45) is 14.4. The molecule has 0 spiro atoms. The molecule has 0 saturated heterocycles. The number of anilines is 2. The molecule has 3 heteroatoms. The van der Waals surface area contributed by atoms with Crippen LogP contribution < -0.4 is 4.90 Å². The minimum absolute atomic E-state index is 0.840. The van der Waals surface area contributed by atoms with E-state index in [4.69, 9.17) is 0 Å². The number of rotatable bonds is 6. The highest BCUT2D eigenvalue weighted by Gasteiger charge is 2.18. The molecular weight excluding hydrogens is 282 g/mol. The Bertz CT molecular complexity index is 564. The summed E-state index contributed by atoms with van der Waals surface area (Å²) in [4.78, 5) is 10.8. The number of allylic oxidation sites excluding steroid dienone is 1. The zero-order chi connectivity index (χ0) is 15.9. The van der Waals surface area contributed by atoms with Gasteiger partial charge in [-0.05, 0) is 30.9 Å². The zero-order valence-electron chi connectivity index (χ0n) is 13.7. The molecule has 1 aromatic carbocycles. The monoisotopic (exact) mass is 307 g/mol. The average Bonchev–Trinajstić information content (AvgIpc) is 2.63. The fourth-order valence-corrected chi connectivity index (χ4v) is 3.42. The van der Waals surface area contributed by atoms with Gasteiger partial charge in [-0.3, -0.25) is 9.88 Å². The van der Waals surface area contributed by atoms with Crippen LogP contribution in [0.1, 0.15) is 44.9 Å². The van der Waals surface area contributed by atoms with Gasteiger partial charge in [0.05, 0.1) is 6.20 Å². The van der Waals surface area contributed by atoms with Gasteiger partial charge in [-0.25, -0.2) is 4.98 Å². The summed E-state index contributed by atoms with van der Waals surface area (Å²) in [5, 5.41) is 0. The second kappa shape index (κ2) is 7.91. The molecule has 2 aromatic rings. The van der Waals surface area contributed by atoms with E-state index < -0.39 is 0 Å². The van der Waals surface area contributed by atoms with Crippen LogP contribution in [0.5, 0.6) is 0 Å². The van der Waals surface area contributed by atoms with Crippen molar-refractivity contribution in [3.05, 3.63) is 61.2 Å². The largest absolute Gasteiger partial charge is 0.298 e. The van der Waals surface area contributed by atoms with Crippen molar-refractivity contribution in [2.24, 2.45) is 5.92 Å². The van der Waals surface area contributed by atoms with Crippen molar-refractivity contribution in [1.29, 1.82) is 0 Å². The van der Waals surface area contributed by atoms with Crippen LogP contribution in [0.2, 0.25) is 0 Å². The summed E-state index contributed by atoms with van der Waals surface area (Å²) in [5.74, 6) is 1.70. The summed E-state index contributed by atoms with van der Waals surface area (Å²) < 4.78 is 0. The highest BCUT2D eigenvalue weighted by molar-refractivity contribution is 5.64. The fourth-order valence-electron chi connectivity index (χ4n) is 3.42. The quantitative estimate of drug-likeness (QED) is 0.706. The molecular formula is C20H25N3. The Morgan fingerprint density at radius 2 is 1.87 bits per heavy atom. The first-order valence-corrected chi connectivity index (χ1v) is 8.63. The second-order valence-electron chi connectivity index (χ2n) is 6.34. The van der Waals surface area contributed by atoms with Crippen molar-refractivity contribution >= 4 is 11.5 Å². The standard InChI is InChI=1S/C20H25N3/c1-17(12-13-18-8-4-2-5-9-18)23(19-10-6-3-7-11-19)20-16-21-14-15-22-20/h3,6-7,10-11,14-16,18H,1-2,4-5,8-9,12-13H2. The molecule has 0 atom stereocenters. The molecule has 1 aromatic heterocycles. The molecule has 1 saturated carbocycles. The van der Waals surface area contributed by atoms with Crippen molar-refractivity contribution in [2.75, 3.05) is 4.90 Å². The molecule has 0 bridgehead atoms. The van der Waals surface area contributed by atoms with Crippen molar-refractivity contribution < 1.29 is 0 Å². The lowest BCUT2D eigenvalue weighted by Crippen LogP contribution is -2.18. The zero-order valence-corrected chi connectivity index (χ0v) is 13.7. The predicted octanol–water partition coefficient (Wildman–Crippen LogP) is 5.49. The van der Waals surface area contributed by atoms with E-state index in [1.54, 1.807) is 18.6 Å². The molecule has 0 amide bonds. The minimum Gasteiger partial charge on any atom is -0.298 e. The van der Waals surface area contributed by atoms with Gasteiger partial charge in [0.25, 0.3) is 0 Å². The Balaban J connectivity index is 1.74. The Kier molecular flexibility index (Phi) is 5.41. The van der Waals surface area contributed by atoms with E-state index in [9.17, 15) is 0 Å². The molecule has 1 aliphatic carbocycles. The van der Waals surface area contributed by atoms with Crippen LogP contribution in [0.3, 0.4) is 0 Å². The lowest BCUT2D eigenvalue weighted by Gasteiger charge is -2.28. The van der Waals surface area contributed by atoms with Crippen molar-refractivity contribution in [1.82, 2.24) is 9.97 Å². The molecule has 120 valence electrons. The highest BCUT2D eigenvalue weighted by Crippen LogP contribution is 2.32. The van der Waals surface area contributed by atoms with Gasteiger partial charge >= 0.3 is 0 Å². The molecule has 0 radical (unpaired) electrons. The molecule has 3 rings (SSSR count). The van der Waals surface area contributed by atoms with E-state index >= 15 is 0 Å². The maximum atomic E-state index is 4.47. The van der Waals surface area contributed by atoms with Gasteiger partial charge in [0.1, 0.15) is 0 Å². The van der Waals surface area contributed by atoms with E-state index in [0.717, 1.165) is 29.5 Å². The van der Waals surface area contributed by atoms with Crippen LogP contribution in [0.4, 0.5) is 11.5 Å². The van der Waals surface area contributed by atoms with Gasteiger partial charge in [-0.1, -0.05) is 56.9 Å². The van der Waals surface area contributed by atoms with Gasteiger partial charge in [0.2, 0.25) is 0 Å². The van der Waals surface area contributed by atoms with Gasteiger partial charge in [-0.15, -0.1) is 0 Å². The van der Waals surface area contributed by atoms with E-state index in [2.05, 4.69) is 33.6 Å². The Hall–Kier alpha value is -2.16. The molecule has 0 unspecified atom stereocenters. The first-order valence-electron chi connectivity index (χ1n) is 8.63. The molecule has 23 heavy (non-hydrogen) atoms. The van der Waals surface area contributed by atoms with Crippen LogP contribution in [-0.4, -0.2) is 9.97 Å². The summed E-state index contributed by atoms with van der Waals surface area (Å²) >= 11 is 0. The second-order valence-corrected chi connectivity index (χ2v) is 6.34. The molecule has 0 aliphatic heterocycles. The summed E-state index contributed by atoms with van der Waals surface area (Å²) in [7, 11) is 0. The van der Waals surface area contributed by atoms with Crippen molar-refractivity contribution in [3.8, 4) is 0 Å². The maximum Gasteiger partial charge on any atom is 0.155 e. The van der Waals surface area contributed by atoms with Crippen LogP contribution >= 0.6 is 0 Å². The van der Waals surface area contributed by atoms with Crippen LogP contribution in [0.25, 0.3) is 0 Å². The summed E-state index contributed by atoms with van der Waals surface area (Å²) in [6, 6.07) is 10.3. The van der Waals surface area contributed by atoms with E-state index in [1.807, 2.05) is 18.2 Å². The van der Waals surface area contributed by atoms with Gasteiger partial charge in [0.15, 0.2) is 5.82 Å². The van der Waals surface area contributed by atoms with E-state index in [1.165, 1.54) is 38.5 Å². The van der Waals surface area contributed by atoms with Crippen LogP contribution in [0, 0.1) is 5.92 Å². The average molecular weight is 307 g/mol. The Morgan fingerprint density at radius 1 is 1.09 bits per heavy atom. The Morgan fingerprint density at radius 3 is 2.57 bits per heavy atom. The number of para-hydroxylation sites is 1. The molecule has 0 N–H and O–H groups in total. The van der Waals surface area contributed by atoms with Gasteiger partial charge in [0, 0.05) is 23.8 Å². The molecule has 3 nitrogen and oxygen atoms in total. The number of benzene rings is 1. The SMILES string of the molecule is C=C(CCC1CCCCC1)N(c1ccccc1)c1cnccn1. The van der Waals surface area contributed by atoms with Crippen molar-refractivity contribution in [2.45, 2.75) is 44.9 Å². The molecule has 1 aliphatic rings. The van der Waals surface area contributed by atoms with Crippen LogP contribution in [0.15, 0.2) is 61.2 Å². The van der Waals surface area contributed by atoms with E-state index in [-0.39, 0.29) is 0 Å².